The lowest BCUT2D eigenvalue weighted by atomic mass is 9.99. The Balaban J connectivity index is 3.56. The summed E-state index contributed by atoms with van der Waals surface area (Å²) >= 11 is 0. The molecule has 0 saturated heterocycles. The van der Waals surface area contributed by atoms with E-state index in [1.165, 1.54) is 32.2 Å². The Labute approximate surface area is 90.7 Å². The van der Waals surface area contributed by atoms with E-state index in [0.29, 0.717) is 6.04 Å². The standard InChI is InChI=1S/C13H29N/c1-6-11(4)9-12(5)14-10-13(7-2)8-3/h11-14H,6-10H2,1-5H3. The highest BCUT2D eigenvalue weighted by Gasteiger charge is 2.08. The SMILES string of the molecule is CCC(C)CC(C)NCC(CC)CC. The van der Waals surface area contributed by atoms with E-state index >= 15 is 0 Å². The maximum absolute atomic E-state index is 3.65. The van der Waals surface area contributed by atoms with Gasteiger partial charge in [0, 0.05) is 6.04 Å². The average Bonchev–Trinajstić information content (AvgIpc) is 2.19. The van der Waals surface area contributed by atoms with E-state index in [4.69, 9.17) is 0 Å². The van der Waals surface area contributed by atoms with E-state index < -0.39 is 0 Å². The van der Waals surface area contributed by atoms with Gasteiger partial charge in [-0.1, -0.05) is 47.0 Å². The summed E-state index contributed by atoms with van der Waals surface area (Å²) < 4.78 is 0. The van der Waals surface area contributed by atoms with Gasteiger partial charge in [-0.05, 0) is 31.7 Å². The minimum absolute atomic E-state index is 0.686. The molecule has 1 nitrogen and oxygen atoms in total. The molecule has 0 aromatic heterocycles. The zero-order valence-corrected chi connectivity index (χ0v) is 10.8. The molecule has 0 spiro atoms. The molecule has 1 N–H and O–H groups in total. The molecule has 2 unspecified atom stereocenters. The Morgan fingerprint density at radius 2 is 1.50 bits per heavy atom. The molecule has 0 fully saturated rings. The fourth-order valence-corrected chi connectivity index (χ4v) is 1.80. The van der Waals surface area contributed by atoms with Gasteiger partial charge in [-0.3, -0.25) is 0 Å². The summed E-state index contributed by atoms with van der Waals surface area (Å²) in [6.07, 6.45) is 5.23. The molecule has 86 valence electrons. The lowest BCUT2D eigenvalue weighted by molar-refractivity contribution is 0.370. The largest absolute Gasteiger partial charge is 0.314 e. The number of nitrogens with one attached hydrogen (secondary N) is 1. The highest BCUT2D eigenvalue weighted by molar-refractivity contribution is 4.67. The number of rotatable bonds is 8. The van der Waals surface area contributed by atoms with Gasteiger partial charge < -0.3 is 5.32 Å². The van der Waals surface area contributed by atoms with Crippen LogP contribution >= 0.6 is 0 Å². The highest BCUT2D eigenvalue weighted by Crippen LogP contribution is 2.11. The summed E-state index contributed by atoms with van der Waals surface area (Å²) in [4.78, 5) is 0. The van der Waals surface area contributed by atoms with Crippen LogP contribution in [0.3, 0.4) is 0 Å². The van der Waals surface area contributed by atoms with Crippen molar-refractivity contribution in [3.05, 3.63) is 0 Å². The average molecular weight is 199 g/mol. The van der Waals surface area contributed by atoms with Gasteiger partial charge in [0.15, 0.2) is 0 Å². The van der Waals surface area contributed by atoms with Crippen molar-refractivity contribution in [2.24, 2.45) is 11.8 Å². The Bertz CT molecular complexity index is 118. The van der Waals surface area contributed by atoms with Crippen molar-refractivity contribution < 1.29 is 0 Å². The maximum Gasteiger partial charge on any atom is 0.00413 e. The third kappa shape index (κ3) is 6.42. The lowest BCUT2D eigenvalue weighted by Crippen LogP contribution is -2.32. The second kappa shape index (κ2) is 8.28. The molecular formula is C13H29N. The van der Waals surface area contributed by atoms with E-state index in [1.54, 1.807) is 0 Å². The second-order valence-corrected chi connectivity index (χ2v) is 4.74. The van der Waals surface area contributed by atoms with Crippen LogP contribution in [0.1, 0.15) is 60.3 Å². The first kappa shape index (κ1) is 14.0. The molecule has 0 amide bonds. The minimum Gasteiger partial charge on any atom is -0.314 e. The van der Waals surface area contributed by atoms with Gasteiger partial charge in [-0.2, -0.15) is 0 Å². The number of hydrogen-bond acceptors (Lipinski definition) is 1. The van der Waals surface area contributed by atoms with Crippen molar-refractivity contribution in [3.8, 4) is 0 Å². The summed E-state index contributed by atoms with van der Waals surface area (Å²) in [6, 6.07) is 0.686. The Hall–Kier alpha value is -0.0400. The second-order valence-electron chi connectivity index (χ2n) is 4.74. The van der Waals surface area contributed by atoms with Gasteiger partial charge in [0.05, 0.1) is 0 Å². The molecule has 0 aromatic rings. The predicted octanol–water partition coefficient (Wildman–Crippen LogP) is 3.84. The van der Waals surface area contributed by atoms with E-state index in [0.717, 1.165) is 11.8 Å². The Morgan fingerprint density at radius 3 is 1.93 bits per heavy atom. The smallest absolute Gasteiger partial charge is 0.00413 e. The molecule has 0 aromatic carbocycles. The molecular weight excluding hydrogens is 170 g/mol. The number of hydrogen-bond donors (Lipinski definition) is 1. The molecule has 1 heteroatoms. The molecule has 2 atom stereocenters. The molecule has 0 heterocycles. The summed E-state index contributed by atoms with van der Waals surface area (Å²) in [5.41, 5.74) is 0. The van der Waals surface area contributed by atoms with Crippen molar-refractivity contribution in [2.45, 2.75) is 66.3 Å². The first-order valence-electron chi connectivity index (χ1n) is 6.37. The maximum atomic E-state index is 3.65. The molecule has 0 rings (SSSR count). The van der Waals surface area contributed by atoms with E-state index in [2.05, 4.69) is 39.9 Å². The summed E-state index contributed by atoms with van der Waals surface area (Å²) in [5.74, 6) is 1.73. The fraction of sp³-hybridized carbons (Fsp3) is 1.00. The zero-order chi connectivity index (χ0) is 11.0. The van der Waals surface area contributed by atoms with Crippen LogP contribution < -0.4 is 5.32 Å². The van der Waals surface area contributed by atoms with Crippen LogP contribution in [0.2, 0.25) is 0 Å². The molecule has 0 aliphatic rings. The van der Waals surface area contributed by atoms with Gasteiger partial charge in [-0.15, -0.1) is 0 Å². The first-order valence-corrected chi connectivity index (χ1v) is 6.37. The van der Waals surface area contributed by atoms with Gasteiger partial charge in [-0.25, -0.2) is 0 Å². The van der Waals surface area contributed by atoms with Crippen LogP contribution in [0.4, 0.5) is 0 Å². The fourth-order valence-electron chi connectivity index (χ4n) is 1.80. The van der Waals surface area contributed by atoms with Crippen molar-refractivity contribution in [2.75, 3.05) is 6.54 Å². The highest BCUT2D eigenvalue weighted by atomic mass is 14.9. The van der Waals surface area contributed by atoms with Gasteiger partial charge >= 0.3 is 0 Å². The van der Waals surface area contributed by atoms with Crippen molar-refractivity contribution in [3.63, 3.8) is 0 Å². The molecule has 0 aliphatic carbocycles. The van der Waals surface area contributed by atoms with Gasteiger partial charge in [0.1, 0.15) is 0 Å². The molecule has 0 radical (unpaired) electrons. The normalized spacial score (nSPS) is 15.9. The van der Waals surface area contributed by atoms with Crippen LogP contribution in [-0.4, -0.2) is 12.6 Å². The summed E-state index contributed by atoms with van der Waals surface area (Å²) in [7, 11) is 0. The zero-order valence-electron chi connectivity index (χ0n) is 10.8. The minimum atomic E-state index is 0.686. The Kier molecular flexibility index (Phi) is 8.26. The Morgan fingerprint density at radius 1 is 0.929 bits per heavy atom. The summed E-state index contributed by atoms with van der Waals surface area (Å²) in [6.45, 7) is 12.7. The lowest BCUT2D eigenvalue weighted by Gasteiger charge is -2.20. The van der Waals surface area contributed by atoms with Crippen molar-refractivity contribution >= 4 is 0 Å². The molecule has 0 aliphatic heterocycles. The monoisotopic (exact) mass is 199 g/mol. The van der Waals surface area contributed by atoms with Crippen LogP contribution in [-0.2, 0) is 0 Å². The predicted molar refractivity (Wildman–Crippen MR) is 65.6 cm³/mol. The van der Waals surface area contributed by atoms with Crippen molar-refractivity contribution in [1.82, 2.24) is 5.32 Å². The summed E-state index contributed by atoms with van der Waals surface area (Å²) in [5, 5.41) is 3.65. The van der Waals surface area contributed by atoms with Crippen LogP contribution in [0.25, 0.3) is 0 Å². The van der Waals surface area contributed by atoms with Crippen LogP contribution in [0.5, 0.6) is 0 Å². The van der Waals surface area contributed by atoms with Crippen LogP contribution in [0, 0.1) is 11.8 Å². The quantitative estimate of drug-likeness (QED) is 0.626. The van der Waals surface area contributed by atoms with Crippen LogP contribution in [0.15, 0.2) is 0 Å². The van der Waals surface area contributed by atoms with Gasteiger partial charge in [0.2, 0.25) is 0 Å². The molecule has 14 heavy (non-hydrogen) atoms. The molecule has 0 bridgehead atoms. The van der Waals surface area contributed by atoms with E-state index in [1.807, 2.05) is 0 Å². The van der Waals surface area contributed by atoms with E-state index in [9.17, 15) is 0 Å². The first-order chi connectivity index (χ1) is 6.63. The molecule has 0 saturated carbocycles. The van der Waals surface area contributed by atoms with E-state index in [-0.39, 0.29) is 0 Å². The van der Waals surface area contributed by atoms with Crippen molar-refractivity contribution in [1.29, 1.82) is 0 Å². The van der Waals surface area contributed by atoms with Gasteiger partial charge in [0.25, 0.3) is 0 Å². The third-order valence-electron chi connectivity index (χ3n) is 3.36. The third-order valence-corrected chi connectivity index (χ3v) is 3.36. The topological polar surface area (TPSA) is 12.0 Å².